The highest BCUT2D eigenvalue weighted by atomic mass is 32.1. The SMILES string of the molecule is CN(c1ccccc1C#N)c1ncnc2sccc12. The summed E-state index contributed by atoms with van der Waals surface area (Å²) in [4.78, 5) is 11.5. The summed E-state index contributed by atoms with van der Waals surface area (Å²) in [5, 5.41) is 12.2. The molecule has 0 saturated carbocycles. The quantitative estimate of drug-likeness (QED) is 0.714. The maximum absolute atomic E-state index is 9.18. The van der Waals surface area contributed by atoms with E-state index in [1.54, 1.807) is 23.7 Å². The van der Waals surface area contributed by atoms with Crippen molar-refractivity contribution < 1.29 is 0 Å². The van der Waals surface area contributed by atoms with Gasteiger partial charge in [-0.1, -0.05) is 12.1 Å². The maximum atomic E-state index is 9.18. The topological polar surface area (TPSA) is 52.8 Å². The summed E-state index contributed by atoms with van der Waals surface area (Å²) in [5.41, 5.74) is 1.48. The number of hydrogen-bond acceptors (Lipinski definition) is 5. The van der Waals surface area contributed by atoms with Gasteiger partial charge >= 0.3 is 0 Å². The van der Waals surface area contributed by atoms with E-state index in [-0.39, 0.29) is 0 Å². The predicted octanol–water partition coefficient (Wildman–Crippen LogP) is 3.33. The van der Waals surface area contributed by atoms with E-state index in [4.69, 9.17) is 0 Å². The molecule has 4 nitrogen and oxygen atoms in total. The Morgan fingerprint density at radius 3 is 2.89 bits per heavy atom. The lowest BCUT2D eigenvalue weighted by molar-refractivity contribution is 1.11. The molecule has 3 aromatic rings. The first kappa shape index (κ1) is 11.6. The second-order valence-corrected chi connectivity index (χ2v) is 4.92. The Morgan fingerprint density at radius 1 is 1.21 bits per heavy atom. The Balaban J connectivity index is 2.17. The number of rotatable bonds is 2. The monoisotopic (exact) mass is 266 g/mol. The van der Waals surface area contributed by atoms with Crippen molar-refractivity contribution in [2.45, 2.75) is 0 Å². The summed E-state index contributed by atoms with van der Waals surface area (Å²) in [6, 6.07) is 11.7. The van der Waals surface area contributed by atoms with E-state index >= 15 is 0 Å². The molecule has 0 fully saturated rings. The van der Waals surface area contributed by atoms with Crippen LogP contribution in [-0.4, -0.2) is 17.0 Å². The van der Waals surface area contributed by atoms with Gasteiger partial charge in [0.2, 0.25) is 0 Å². The summed E-state index contributed by atoms with van der Waals surface area (Å²) >= 11 is 1.58. The van der Waals surface area contributed by atoms with Crippen molar-refractivity contribution in [2.24, 2.45) is 0 Å². The first-order valence-electron chi connectivity index (χ1n) is 5.72. The van der Waals surface area contributed by atoms with Crippen LogP contribution in [0.3, 0.4) is 0 Å². The Morgan fingerprint density at radius 2 is 2.05 bits per heavy atom. The van der Waals surface area contributed by atoms with E-state index in [0.29, 0.717) is 5.56 Å². The number of fused-ring (bicyclic) bond motifs is 1. The molecule has 19 heavy (non-hydrogen) atoms. The number of thiophene rings is 1. The Labute approximate surface area is 114 Å². The lowest BCUT2D eigenvalue weighted by atomic mass is 10.2. The predicted molar refractivity (Wildman–Crippen MR) is 76.6 cm³/mol. The van der Waals surface area contributed by atoms with Crippen molar-refractivity contribution in [3.8, 4) is 6.07 Å². The molecule has 0 amide bonds. The van der Waals surface area contributed by atoms with Gasteiger partial charge in [0.05, 0.1) is 16.6 Å². The molecular weight excluding hydrogens is 256 g/mol. The number of nitrogens with zero attached hydrogens (tertiary/aromatic N) is 4. The summed E-state index contributed by atoms with van der Waals surface area (Å²) in [5.74, 6) is 0.814. The molecule has 92 valence electrons. The molecule has 0 aliphatic carbocycles. The normalized spacial score (nSPS) is 10.3. The molecule has 0 spiro atoms. The van der Waals surface area contributed by atoms with Crippen molar-refractivity contribution in [3.05, 3.63) is 47.6 Å². The molecule has 3 rings (SSSR count). The van der Waals surface area contributed by atoms with Crippen molar-refractivity contribution >= 4 is 33.1 Å². The summed E-state index contributed by atoms with van der Waals surface area (Å²) in [6.07, 6.45) is 1.56. The van der Waals surface area contributed by atoms with Gasteiger partial charge in [-0.3, -0.25) is 0 Å². The first-order chi connectivity index (χ1) is 9.31. The van der Waals surface area contributed by atoms with Crippen LogP contribution >= 0.6 is 11.3 Å². The highest BCUT2D eigenvalue weighted by Crippen LogP contribution is 2.31. The van der Waals surface area contributed by atoms with Crippen LogP contribution in [0, 0.1) is 11.3 Å². The number of benzene rings is 1. The Kier molecular flexibility index (Phi) is 2.86. The minimum Gasteiger partial charge on any atom is -0.328 e. The van der Waals surface area contributed by atoms with E-state index in [1.165, 1.54) is 0 Å². The van der Waals surface area contributed by atoms with Gasteiger partial charge in [-0.05, 0) is 23.6 Å². The fourth-order valence-electron chi connectivity index (χ4n) is 2.02. The average Bonchev–Trinajstić information content (AvgIpc) is 2.94. The number of para-hydroxylation sites is 1. The van der Waals surface area contributed by atoms with Crippen LogP contribution in [0.1, 0.15) is 5.56 Å². The summed E-state index contributed by atoms with van der Waals surface area (Å²) in [7, 11) is 1.91. The van der Waals surface area contributed by atoms with Crippen LogP contribution in [0.15, 0.2) is 42.0 Å². The lowest BCUT2D eigenvalue weighted by Crippen LogP contribution is -2.13. The number of anilines is 2. The number of aromatic nitrogens is 2. The highest BCUT2D eigenvalue weighted by Gasteiger charge is 2.13. The Hall–Kier alpha value is -2.45. The van der Waals surface area contributed by atoms with E-state index in [0.717, 1.165) is 21.7 Å². The van der Waals surface area contributed by atoms with Gasteiger partial charge in [-0.15, -0.1) is 11.3 Å². The van der Waals surface area contributed by atoms with Crippen LogP contribution < -0.4 is 4.90 Å². The van der Waals surface area contributed by atoms with E-state index in [2.05, 4.69) is 16.0 Å². The molecule has 5 heteroatoms. The third kappa shape index (κ3) is 1.92. The second kappa shape index (κ2) is 4.67. The van der Waals surface area contributed by atoms with Gasteiger partial charge in [-0.2, -0.15) is 5.26 Å². The van der Waals surface area contributed by atoms with Crippen molar-refractivity contribution in [3.63, 3.8) is 0 Å². The lowest BCUT2D eigenvalue weighted by Gasteiger charge is -2.19. The van der Waals surface area contributed by atoms with Crippen molar-refractivity contribution in [1.82, 2.24) is 9.97 Å². The van der Waals surface area contributed by atoms with Gasteiger partial charge < -0.3 is 4.90 Å². The summed E-state index contributed by atoms with van der Waals surface area (Å²) < 4.78 is 0. The average molecular weight is 266 g/mol. The molecule has 2 aromatic heterocycles. The minimum atomic E-state index is 0.631. The number of hydrogen-bond donors (Lipinski definition) is 0. The van der Waals surface area contributed by atoms with Gasteiger partial charge in [0, 0.05) is 7.05 Å². The molecule has 0 bridgehead atoms. The van der Waals surface area contributed by atoms with Crippen molar-refractivity contribution in [2.75, 3.05) is 11.9 Å². The molecule has 0 radical (unpaired) electrons. The molecule has 0 unspecified atom stereocenters. The fourth-order valence-corrected chi connectivity index (χ4v) is 2.75. The zero-order valence-electron chi connectivity index (χ0n) is 10.2. The van der Waals surface area contributed by atoms with E-state index < -0.39 is 0 Å². The number of nitriles is 1. The van der Waals surface area contributed by atoms with Crippen LogP contribution in [-0.2, 0) is 0 Å². The molecule has 1 aromatic carbocycles. The van der Waals surface area contributed by atoms with Crippen LogP contribution in [0.5, 0.6) is 0 Å². The molecule has 0 saturated heterocycles. The second-order valence-electron chi connectivity index (χ2n) is 4.02. The van der Waals surface area contributed by atoms with Crippen LogP contribution in [0.25, 0.3) is 10.2 Å². The smallest absolute Gasteiger partial charge is 0.144 e. The van der Waals surface area contributed by atoms with E-state index in [9.17, 15) is 5.26 Å². The summed E-state index contributed by atoms with van der Waals surface area (Å²) in [6.45, 7) is 0. The van der Waals surface area contributed by atoms with Gasteiger partial charge in [0.1, 0.15) is 23.0 Å². The third-order valence-electron chi connectivity index (χ3n) is 2.94. The molecule has 0 aliphatic rings. The van der Waals surface area contributed by atoms with Gasteiger partial charge in [0.25, 0.3) is 0 Å². The standard InChI is InChI=1S/C14H10N4S/c1-18(12-5-3-2-4-10(12)8-15)13-11-6-7-19-14(11)17-9-16-13/h2-7,9H,1H3. The molecule has 0 aliphatic heterocycles. The zero-order valence-corrected chi connectivity index (χ0v) is 11.1. The maximum Gasteiger partial charge on any atom is 0.144 e. The minimum absolute atomic E-state index is 0.631. The Bertz CT molecular complexity index is 772. The largest absolute Gasteiger partial charge is 0.328 e. The van der Waals surface area contributed by atoms with Gasteiger partial charge in [0.15, 0.2) is 0 Å². The van der Waals surface area contributed by atoms with Crippen LogP contribution in [0.2, 0.25) is 0 Å². The fraction of sp³-hybridized carbons (Fsp3) is 0.0714. The first-order valence-corrected chi connectivity index (χ1v) is 6.60. The van der Waals surface area contributed by atoms with Crippen molar-refractivity contribution in [1.29, 1.82) is 5.26 Å². The van der Waals surface area contributed by atoms with Crippen LogP contribution in [0.4, 0.5) is 11.5 Å². The van der Waals surface area contributed by atoms with E-state index in [1.807, 2.05) is 41.6 Å². The molecule has 2 heterocycles. The molecule has 0 atom stereocenters. The van der Waals surface area contributed by atoms with Gasteiger partial charge in [-0.25, -0.2) is 9.97 Å². The highest BCUT2D eigenvalue weighted by molar-refractivity contribution is 7.16. The molecule has 0 N–H and O–H groups in total. The zero-order chi connectivity index (χ0) is 13.2. The third-order valence-corrected chi connectivity index (χ3v) is 3.77. The molecular formula is C14H10N4S.